The van der Waals surface area contributed by atoms with Crippen molar-refractivity contribution in [1.82, 2.24) is 9.78 Å². The van der Waals surface area contributed by atoms with Crippen molar-refractivity contribution in [3.8, 4) is 11.4 Å². The third-order valence-corrected chi connectivity index (χ3v) is 2.29. The van der Waals surface area contributed by atoms with E-state index in [1.165, 1.54) is 36.3 Å². The largest absolute Gasteiger partial charge is 0.495 e. The van der Waals surface area contributed by atoms with Crippen molar-refractivity contribution in [2.75, 3.05) is 12.8 Å². The Labute approximate surface area is 96.4 Å². The van der Waals surface area contributed by atoms with Gasteiger partial charge in [-0.05, 0) is 0 Å². The second kappa shape index (κ2) is 4.02. The van der Waals surface area contributed by atoms with Gasteiger partial charge in [-0.15, -0.1) is 0 Å². The molecular weight excluding hydrogens is 233 g/mol. The molecule has 2 aromatic rings. The summed E-state index contributed by atoms with van der Waals surface area (Å²) in [6.45, 7) is 0. The highest BCUT2D eigenvalue weighted by atomic mass is 35.5. The van der Waals surface area contributed by atoms with Gasteiger partial charge >= 0.3 is 0 Å². The van der Waals surface area contributed by atoms with Gasteiger partial charge in [-0.1, -0.05) is 11.6 Å². The number of nitrogens with two attached hydrogens (primary N) is 1. The molecule has 84 valence electrons. The Balaban J connectivity index is 2.56. The minimum Gasteiger partial charge on any atom is -0.495 e. The summed E-state index contributed by atoms with van der Waals surface area (Å²) >= 11 is 5.71. The van der Waals surface area contributed by atoms with Crippen LogP contribution in [0.5, 0.6) is 5.75 Å². The van der Waals surface area contributed by atoms with Crippen molar-refractivity contribution >= 4 is 17.3 Å². The Morgan fingerprint density at radius 1 is 1.50 bits per heavy atom. The zero-order valence-electron chi connectivity index (χ0n) is 8.45. The number of hydrogen-bond acceptors (Lipinski definition) is 3. The van der Waals surface area contributed by atoms with Gasteiger partial charge in [0.25, 0.3) is 0 Å². The molecule has 0 atom stereocenters. The van der Waals surface area contributed by atoms with Crippen molar-refractivity contribution in [3.05, 3.63) is 35.4 Å². The zero-order valence-corrected chi connectivity index (χ0v) is 9.20. The van der Waals surface area contributed by atoms with Crippen molar-refractivity contribution in [3.63, 3.8) is 0 Å². The molecule has 4 nitrogen and oxygen atoms in total. The normalized spacial score (nSPS) is 10.4. The number of nitrogens with zero attached hydrogens (tertiary/aromatic N) is 2. The molecule has 0 aliphatic rings. The highest BCUT2D eigenvalue weighted by molar-refractivity contribution is 6.30. The van der Waals surface area contributed by atoms with Crippen LogP contribution in [-0.2, 0) is 0 Å². The summed E-state index contributed by atoms with van der Waals surface area (Å²) in [6, 6.07) is 2.65. The molecule has 6 heteroatoms. The van der Waals surface area contributed by atoms with Gasteiger partial charge in [-0.3, -0.25) is 0 Å². The lowest BCUT2D eigenvalue weighted by Gasteiger charge is -2.08. The fourth-order valence-corrected chi connectivity index (χ4v) is 1.48. The van der Waals surface area contributed by atoms with E-state index in [0.717, 1.165) is 0 Å². The fraction of sp³-hybridized carbons (Fsp3) is 0.100. The van der Waals surface area contributed by atoms with E-state index < -0.39 is 5.82 Å². The van der Waals surface area contributed by atoms with Gasteiger partial charge in [0.1, 0.15) is 11.4 Å². The number of halogens is 2. The first kappa shape index (κ1) is 10.8. The number of hydrogen-bond donors (Lipinski definition) is 1. The van der Waals surface area contributed by atoms with Crippen LogP contribution in [0.1, 0.15) is 0 Å². The molecule has 0 spiro atoms. The molecule has 0 bridgehead atoms. The predicted molar refractivity (Wildman–Crippen MR) is 59.5 cm³/mol. The highest BCUT2D eigenvalue weighted by Gasteiger charge is 2.10. The SMILES string of the molecule is COc1cc(-n2cc(Cl)cn2)c(F)cc1N. The summed E-state index contributed by atoms with van der Waals surface area (Å²) in [4.78, 5) is 0. The van der Waals surface area contributed by atoms with E-state index >= 15 is 0 Å². The number of rotatable bonds is 2. The lowest BCUT2D eigenvalue weighted by Crippen LogP contribution is -2.01. The molecule has 0 aliphatic carbocycles. The molecule has 0 saturated carbocycles. The van der Waals surface area contributed by atoms with Gasteiger partial charge in [0.05, 0.1) is 24.0 Å². The lowest BCUT2D eigenvalue weighted by atomic mass is 10.2. The van der Waals surface area contributed by atoms with Gasteiger partial charge in [0.15, 0.2) is 5.82 Å². The topological polar surface area (TPSA) is 53.1 Å². The maximum absolute atomic E-state index is 13.6. The molecule has 2 rings (SSSR count). The molecule has 0 saturated heterocycles. The summed E-state index contributed by atoms with van der Waals surface area (Å²) in [5.41, 5.74) is 6.04. The number of ether oxygens (including phenoxy) is 1. The van der Waals surface area contributed by atoms with Gasteiger partial charge in [0.2, 0.25) is 0 Å². The van der Waals surface area contributed by atoms with Crippen LogP contribution < -0.4 is 10.5 Å². The minimum absolute atomic E-state index is 0.234. The van der Waals surface area contributed by atoms with E-state index in [2.05, 4.69) is 5.10 Å². The van der Waals surface area contributed by atoms with Gasteiger partial charge < -0.3 is 10.5 Å². The highest BCUT2D eigenvalue weighted by Crippen LogP contribution is 2.27. The van der Waals surface area contributed by atoms with Crippen LogP contribution in [0, 0.1) is 5.82 Å². The van der Waals surface area contributed by atoms with Crippen LogP contribution in [0.2, 0.25) is 5.02 Å². The van der Waals surface area contributed by atoms with Crippen molar-refractivity contribution < 1.29 is 9.13 Å². The maximum Gasteiger partial charge on any atom is 0.151 e. The van der Waals surface area contributed by atoms with Crippen molar-refractivity contribution in [2.45, 2.75) is 0 Å². The van der Waals surface area contributed by atoms with Crippen LogP contribution in [-0.4, -0.2) is 16.9 Å². The smallest absolute Gasteiger partial charge is 0.151 e. The molecule has 2 N–H and O–H groups in total. The molecule has 1 aromatic heterocycles. The van der Waals surface area contributed by atoms with E-state index in [9.17, 15) is 4.39 Å². The Morgan fingerprint density at radius 3 is 2.81 bits per heavy atom. The standard InChI is InChI=1S/C10H9ClFN3O/c1-16-10-3-9(7(12)2-8(10)13)15-5-6(11)4-14-15/h2-5H,13H2,1H3. The number of aromatic nitrogens is 2. The van der Waals surface area contributed by atoms with E-state index in [-0.39, 0.29) is 11.4 Å². The van der Waals surface area contributed by atoms with Gasteiger partial charge in [-0.2, -0.15) is 5.10 Å². The lowest BCUT2D eigenvalue weighted by molar-refractivity contribution is 0.415. The molecular formula is C10H9ClFN3O. The Kier molecular flexibility index (Phi) is 2.70. The first-order valence-electron chi connectivity index (χ1n) is 4.45. The summed E-state index contributed by atoms with van der Waals surface area (Å²) in [5, 5.41) is 4.33. The Hall–Kier alpha value is -1.75. The summed E-state index contributed by atoms with van der Waals surface area (Å²) in [6.07, 6.45) is 2.92. The first-order chi connectivity index (χ1) is 7.61. The maximum atomic E-state index is 13.6. The van der Waals surface area contributed by atoms with E-state index in [0.29, 0.717) is 10.8 Å². The van der Waals surface area contributed by atoms with Crippen LogP contribution in [0.25, 0.3) is 5.69 Å². The molecule has 0 amide bonds. The van der Waals surface area contributed by atoms with Crippen LogP contribution >= 0.6 is 11.6 Å². The molecule has 1 aromatic carbocycles. The molecule has 0 unspecified atom stereocenters. The third kappa shape index (κ3) is 1.81. The van der Waals surface area contributed by atoms with Crippen molar-refractivity contribution in [1.29, 1.82) is 0 Å². The predicted octanol–water partition coefficient (Wildman–Crippen LogP) is 2.26. The number of benzene rings is 1. The zero-order chi connectivity index (χ0) is 11.7. The van der Waals surface area contributed by atoms with Crippen LogP contribution in [0.4, 0.5) is 10.1 Å². The summed E-state index contributed by atoms with van der Waals surface area (Å²) in [5.74, 6) is -0.0962. The first-order valence-corrected chi connectivity index (χ1v) is 4.83. The number of nitrogen functional groups attached to an aromatic ring is 1. The fourth-order valence-electron chi connectivity index (χ4n) is 1.34. The monoisotopic (exact) mass is 241 g/mol. The van der Waals surface area contributed by atoms with Crippen LogP contribution in [0.15, 0.2) is 24.5 Å². The molecule has 0 fully saturated rings. The minimum atomic E-state index is -0.488. The van der Waals surface area contributed by atoms with E-state index in [4.69, 9.17) is 22.1 Å². The third-order valence-electron chi connectivity index (χ3n) is 2.10. The number of anilines is 1. The van der Waals surface area contributed by atoms with Crippen LogP contribution in [0.3, 0.4) is 0 Å². The summed E-state index contributed by atoms with van der Waals surface area (Å²) < 4.78 is 19.9. The molecule has 16 heavy (non-hydrogen) atoms. The van der Waals surface area contributed by atoms with Gasteiger partial charge in [-0.25, -0.2) is 9.07 Å². The van der Waals surface area contributed by atoms with E-state index in [1.54, 1.807) is 0 Å². The quantitative estimate of drug-likeness (QED) is 0.821. The second-order valence-electron chi connectivity index (χ2n) is 3.15. The summed E-state index contributed by atoms with van der Waals surface area (Å²) in [7, 11) is 1.46. The molecule has 0 radical (unpaired) electrons. The number of methoxy groups -OCH3 is 1. The molecule has 0 aliphatic heterocycles. The Bertz CT molecular complexity index is 527. The average Bonchev–Trinajstić information content (AvgIpc) is 2.65. The second-order valence-corrected chi connectivity index (χ2v) is 3.59. The van der Waals surface area contributed by atoms with Gasteiger partial charge in [0, 0.05) is 18.3 Å². The van der Waals surface area contributed by atoms with Crippen molar-refractivity contribution in [2.24, 2.45) is 0 Å². The van der Waals surface area contributed by atoms with E-state index in [1.807, 2.05) is 0 Å². The average molecular weight is 242 g/mol. The molecule has 1 heterocycles. The Morgan fingerprint density at radius 2 is 2.25 bits per heavy atom.